The third kappa shape index (κ3) is 3.36. The van der Waals surface area contributed by atoms with Crippen LogP contribution < -0.4 is 5.32 Å². The van der Waals surface area contributed by atoms with E-state index >= 15 is 0 Å². The summed E-state index contributed by atoms with van der Waals surface area (Å²) in [6.07, 6.45) is 2.18. The summed E-state index contributed by atoms with van der Waals surface area (Å²) in [5.41, 5.74) is 0.505. The Kier molecular flexibility index (Phi) is 4.62. The molecule has 1 amide bonds. The highest BCUT2D eigenvalue weighted by Gasteiger charge is 2.34. The highest BCUT2D eigenvalue weighted by Crippen LogP contribution is 2.27. The molecule has 1 aliphatic carbocycles. The number of rotatable bonds is 3. The van der Waals surface area contributed by atoms with Crippen LogP contribution in [-0.2, 0) is 4.79 Å². The zero-order chi connectivity index (χ0) is 14.0. The largest absolute Gasteiger partial charge is 0.481 e. The first kappa shape index (κ1) is 14.5. The maximum Gasteiger partial charge on any atom is 0.308 e. The molecule has 1 aliphatic rings. The van der Waals surface area contributed by atoms with Gasteiger partial charge < -0.3 is 10.4 Å². The molecule has 102 valence electrons. The molecule has 6 heteroatoms. The number of benzene rings is 1. The standard InChI is InChI=1S/C13H13Br2NO3/c14-7-4-5-10(15)9(6-7)12(17)16-11-3-1-2-8(11)13(18)19/h4-6,8,11H,1-3H2,(H,16,17)(H,18,19). The molecule has 2 unspecified atom stereocenters. The quantitative estimate of drug-likeness (QED) is 0.832. The molecule has 1 aromatic carbocycles. The van der Waals surface area contributed by atoms with Crippen molar-refractivity contribution in [3.05, 3.63) is 32.7 Å². The van der Waals surface area contributed by atoms with E-state index in [1.165, 1.54) is 0 Å². The second kappa shape index (κ2) is 6.05. The first-order valence-electron chi connectivity index (χ1n) is 5.98. The average Bonchev–Trinajstić information content (AvgIpc) is 2.80. The molecule has 2 atom stereocenters. The van der Waals surface area contributed by atoms with E-state index in [-0.39, 0.29) is 11.9 Å². The van der Waals surface area contributed by atoms with E-state index in [0.29, 0.717) is 22.9 Å². The third-order valence-corrected chi connectivity index (χ3v) is 4.51. The van der Waals surface area contributed by atoms with E-state index < -0.39 is 11.9 Å². The zero-order valence-corrected chi connectivity index (χ0v) is 13.2. The highest BCUT2D eigenvalue weighted by atomic mass is 79.9. The van der Waals surface area contributed by atoms with Crippen LogP contribution in [0.5, 0.6) is 0 Å². The smallest absolute Gasteiger partial charge is 0.308 e. The molecule has 0 spiro atoms. The molecule has 0 aliphatic heterocycles. The average molecular weight is 391 g/mol. The van der Waals surface area contributed by atoms with Crippen molar-refractivity contribution < 1.29 is 14.7 Å². The topological polar surface area (TPSA) is 66.4 Å². The van der Waals surface area contributed by atoms with Crippen molar-refractivity contribution in [2.24, 2.45) is 5.92 Å². The molecule has 1 aromatic rings. The maximum atomic E-state index is 12.2. The lowest BCUT2D eigenvalue weighted by atomic mass is 10.0. The van der Waals surface area contributed by atoms with E-state index in [0.717, 1.165) is 10.9 Å². The zero-order valence-electron chi connectivity index (χ0n) is 10.0. The van der Waals surface area contributed by atoms with Gasteiger partial charge in [-0.2, -0.15) is 0 Å². The van der Waals surface area contributed by atoms with E-state index in [1.54, 1.807) is 12.1 Å². The number of carboxylic acids is 1. The predicted molar refractivity (Wildman–Crippen MR) is 78.1 cm³/mol. The molecule has 0 bridgehead atoms. The number of carboxylic acid groups (broad SMARTS) is 1. The van der Waals surface area contributed by atoms with Gasteiger partial charge in [-0.3, -0.25) is 9.59 Å². The lowest BCUT2D eigenvalue weighted by Gasteiger charge is -2.18. The number of carbonyl (C=O) groups is 2. The normalized spacial score (nSPS) is 22.2. The minimum Gasteiger partial charge on any atom is -0.481 e. The van der Waals surface area contributed by atoms with Gasteiger partial charge in [-0.15, -0.1) is 0 Å². The summed E-state index contributed by atoms with van der Waals surface area (Å²) in [5, 5.41) is 11.9. The van der Waals surface area contributed by atoms with Crippen molar-refractivity contribution in [3.63, 3.8) is 0 Å². The number of hydrogen-bond donors (Lipinski definition) is 2. The molecule has 0 radical (unpaired) electrons. The fraction of sp³-hybridized carbons (Fsp3) is 0.385. The molecule has 0 heterocycles. The van der Waals surface area contributed by atoms with Crippen LogP contribution in [0.15, 0.2) is 27.1 Å². The second-order valence-electron chi connectivity index (χ2n) is 4.58. The minimum atomic E-state index is -0.837. The van der Waals surface area contributed by atoms with Crippen molar-refractivity contribution >= 4 is 43.7 Å². The van der Waals surface area contributed by atoms with Crippen molar-refractivity contribution in [1.82, 2.24) is 5.32 Å². The Morgan fingerprint density at radius 1 is 1.26 bits per heavy atom. The summed E-state index contributed by atoms with van der Waals surface area (Å²) in [4.78, 5) is 23.3. The van der Waals surface area contributed by atoms with Crippen LogP contribution in [0.2, 0.25) is 0 Å². The van der Waals surface area contributed by atoms with Gasteiger partial charge >= 0.3 is 5.97 Å². The Bertz CT molecular complexity index is 519. The van der Waals surface area contributed by atoms with Crippen LogP contribution in [0.1, 0.15) is 29.6 Å². The van der Waals surface area contributed by atoms with Crippen LogP contribution in [0.25, 0.3) is 0 Å². The first-order chi connectivity index (χ1) is 8.99. The minimum absolute atomic E-state index is 0.244. The second-order valence-corrected chi connectivity index (χ2v) is 6.35. The van der Waals surface area contributed by atoms with Gasteiger partial charge in [0.05, 0.1) is 11.5 Å². The van der Waals surface area contributed by atoms with Gasteiger partial charge in [0.1, 0.15) is 0 Å². The van der Waals surface area contributed by atoms with E-state index in [2.05, 4.69) is 37.2 Å². The SMILES string of the molecule is O=C(NC1CCCC1C(=O)O)c1cc(Br)ccc1Br. The number of hydrogen-bond acceptors (Lipinski definition) is 2. The molecule has 0 saturated heterocycles. The lowest BCUT2D eigenvalue weighted by Crippen LogP contribution is -2.40. The molecular formula is C13H13Br2NO3. The number of aliphatic carboxylic acids is 1. The van der Waals surface area contributed by atoms with Gasteiger partial charge in [-0.25, -0.2) is 0 Å². The van der Waals surface area contributed by atoms with Crippen LogP contribution in [0.3, 0.4) is 0 Å². The Balaban J connectivity index is 2.12. The van der Waals surface area contributed by atoms with Crippen LogP contribution in [0, 0.1) is 5.92 Å². The van der Waals surface area contributed by atoms with Crippen LogP contribution in [0.4, 0.5) is 0 Å². The summed E-state index contributed by atoms with van der Waals surface area (Å²) >= 11 is 6.64. The van der Waals surface area contributed by atoms with Gasteiger partial charge in [-0.05, 0) is 47.0 Å². The monoisotopic (exact) mass is 389 g/mol. The lowest BCUT2D eigenvalue weighted by molar-refractivity contribution is -0.142. The third-order valence-electron chi connectivity index (χ3n) is 3.32. The number of halogens is 2. The molecule has 2 rings (SSSR count). The summed E-state index contributed by atoms with van der Waals surface area (Å²) in [7, 11) is 0. The maximum absolute atomic E-state index is 12.2. The first-order valence-corrected chi connectivity index (χ1v) is 7.56. The van der Waals surface area contributed by atoms with E-state index in [9.17, 15) is 9.59 Å². The van der Waals surface area contributed by atoms with Crippen molar-refractivity contribution in [1.29, 1.82) is 0 Å². The molecule has 1 saturated carbocycles. The van der Waals surface area contributed by atoms with Crippen molar-refractivity contribution in [3.8, 4) is 0 Å². The summed E-state index contributed by atoms with van der Waals surface area (Å²) in [5.74, 6) is -1.56. The molecular weight excluding hydrogens is 378 g/mol. The van der Waals surface area contributed by atoms with Gasteiger partial charge in [0.15, 0.2) is 0 Å². The van der Waals surface area contributed by atoms with E-state index in [1.807, 2.05) is 6.07 Å². The van der Waals surface area contributed by atoms with Gasteiger partial charge in [0.25, 0.3) is 5.91 Å². The van der Waals surface area contributed by atoms with Gasteiger partial charge in [-0.1, -0.05) is 22.4 Å². The number of carbonyl (C=O) groups excluding carboxylic acids is 1. The van der Waals surface area contributed by atoms with Gasteiger partial charge in [0.2, 0.25) is 0 Å². The molecule has 4 nitrogen and oxygen atoms in total. The molecule has 1 fully saturated rings. The predicted octanol–water partition coefficient (Wildman–Crippen LogP) is 3.19. The molecule has 0 aromatic heterocycles. The summed E-state index contributed by atoms with van der Waals surface area (Å²) < 4.78 is 1.50. The Hall–Kier alpha value is -0.880. The number of nitrogens with one attached hydrogen (secondary N) is 1. The van der Waals surface area contributed by atoms with Crippen LogP contribution in [-0.4, -0.2) is 23.0 Å². The summed E-state index contributed by atoms with van der Waals surface area (Å²) in [6, 6.07) is 5.04. The fourth-order valence-corrected chi connectivity index (χ4v) is 3.13. The molecule has 19 heavy (non-hydrogen) atoms. The van der Waals surface area contributed by atoms with E-state index in [4.69, 9.17) is 5.11 Å². The summed E-state index contributed by atoms with van der Waals surface area (Å²) in [6.45, 7) is 0. The fourth-order valence-electron chi connectivity index (χ4n) is 2.35. The Morgan fingerprint density at radius 2 is 2.00 bits per heavy atom. The Morgan fingerprint density at radius 3 is 2.68 bits per heavy atom. The number of amides is 1. The highest BCUT2D eigenvalue weighted by molar-refractivity contribution is 9.11. The van der Waals surface area contributed by atoms with Crippen molar-refractivity contribution in [2.45, 2.75) is 25.3 Å². The molecule has 2 N–H and O–H groups in total. The van der Waals surface area contributed by atoms with Crippen molar-refractivity contribution in [2.75, 3.05) is 0 Å². The van der Waals surface area contributed by atoms with Crippen LogP contribution >= 0.6 is 31.9 Å². The Labute approximate surface area is 127 Å². The van der Waals surface area contributed by atoms with Gasteiger partial charge in [0, 0.05) is 15.0 Å².